The molecular weight excluding hydrogens is 432 g/mol. The second kappa shape index (κ2) is 7.72. The maximum absolute atomic E-state index is 13.1. The molecule has 1 aromatic heterocycles. The van der Waals surface area contributed by atoms with E-state index in [9.17, 15) is 14.4 Å². The Hall–Kier alpha value is -3.62. The van der Waals surface area contributed by atoms with Crippen molar-refractivity contribution in [2.24, 2.45) is 0 Å². The number of hydrogen-bond acceptors (Lipinski definition) is 7. The van der Waals surface area contributed by atoms with Crippen LogP contribution in [0.2, 0.25) is 0 Å². The standard InChI is InChI=1S/C25H28N6O3/c26-21-6-3-18(13-27-21)29-11-9-25(15-29)8-1-10-31(25)17-2-4-19-16(12-17)14-30(24(19)34)20-5-7-22(32)28-23(20)33/h2-4,6,12-13,20H,1,5,7-11,14-15H2,(H2,26,27)(H,28,32,33). The monoisotopic (exact) mass is 460 g/mol. The van der Waals surface area contributed by atoms with Gasteiger partial charge in [-0.1, -0.05) is 0 Å². The third-order valence-corrected chi connectivity index (χ3v) is 7.88. The van der Waals surface area contributed by atoms with E-state index >= 15 is 0 Å². The highest BCUT2D eigenvalue weighted by molar-refractivity contribution is 6.05. The van der Waals surface area contributed by atoms with Crippen molar-refractivity contribution in [3.63, 3.8) is 0 Å². The maximum atomic E-state index is 13.1. The number of pyridine rings is 1. The van der Waals surface area contributed by atoms with E-state index in [0.717, 1.165) is 55.8 Å². The van der Waals surface area contributed by atoms with Crippen LogP contribution in [0, 0.1) is 0 Å². The molecule has 2 atom stereocenters. The number of carbonyl (C=O) groups is 3. The zero-order valence-corrected chi connectivity index (χ0v) is 19.0. The van der Waals surface area contributed by atoms with E-state index in [4.69, 9.17) is 5.73 Å². The first-order valence-electron chi connectivity index (χ1n) is 12.0. The van der Waals surface area contributed by atoms with Crippen LogP contribution < -0.4 is 20.9 Å². The Bertz CT molecular complexity index is 1180. The van der Waals surface area contributed by atoms with E-state index < -0.39 is 6.04 Å². The summed E-state index contributed by atoms with van der Waals surface area (Å²) in [6.07, 6.45) is 5.81. The second-order valence-electron chi connectivity index (χ2n) is 9.83. The number of nitrogens with zero attached hydrogens (tertiary/aromatic N) is 4. The van der Waals surface area contributed by atoms with Crippen LogP contribution in [-0.2, 0) is 16.1 Å². The average Bonchev–Trinajstić information content (AvgIpc) is 3.53. The van der Waals surface area contributed by atoms with Crippen molar-refractivity contribution >= 4 is 34.9 Å². The van der Waals surface area contributed by atoms with Crippen molar-refractivity contribution in [1.29, 1.82) is 0 Å². The molecule has 4 aliphatic rings. The van der Waals surface area contributed by atoms with Crippen molar-refractivity contribution in [1.82, 2.24) is 15.2 Å². The lowest BCUT2D eigenvalue weighted by molar-refractivity contribution is -0.136. The van der Waals surface area contributed by atoms with Crippen LogP contribution in [0.1, 0.15) is 48.0 Å². The van der Waals surface area contributed by atoms with Crippen molar-refractivity contribution < 1.29 is 14.4 Å². The van der Waals surface area contributed by atoms with Gasteiger partial charge in [0.1, 0.15) is 11.9 Å². The lowest BCUT2D eigenvalue weighted by Gasteiger charge is -2.37. The quantitative estimate of drug-likeness (QED) is 0.670. The predicted molar refractivity (Wildman–Crippen MR) is 127 cm³/mol. The van der Waals surface area contributed by atoms with Crippen LogP contribution in [0.4, 0.5) is 17.2 Å². The zero-order chi connectivity index (χ0) is 23.4. The fourth-order valence-electron chi connectivity index (χ4n) is 6.16. The molecule has 3 saturated heterocycles. The number of amides is 3. The smallest absolute Gasteiger partial charge is 0.255 e. The van der Waals surface area contributed by atoms with Gasteiger partial charge in [0.2, 0.25) is 11.8 Å². The number of nitrogens with one attached hydrogen (secondary N) is 1. The second-order valence-corrected chi connectivity index (χ2v) is 9.83. The summed E-state index contributed by atoms with van der Waals surface area (Å²) in [4.78, 5) is 47.7. The van der Waals surface area contributed by atoms with E-state index in [-0.39, 0.29) is 29.7 Å². The molecule has 0 saturated carbocycles. The highest BCUT2D eigenvalue weighted by atomic mass is 16.2. The molecule has 2 aromatic rings. The Balaban J connectivity index is 1.23. The van der Waals surface area contributed by atoms with Gasteiger partial charge in [-0.25, -0.2) is 4.98 Å². The maximum Gasteiger partial charge on any atom is 0.255 e. The van der Waals surface area contributed by atoms with Gasteiger partial charge in [0.15, 0.2) is 0 Å². The van der Waals surface area contributed by atoms with E-state index in [1.54, 1.807) is 4.90 Å². The van der Waals surface area contributed by atoms with Gasteiger partial charge in [-0.3, -0.25) is 19.7 Å². The summed E-state index contributed by atoms with van der Waals surface area (Å²) in [7, 11) is 0. The summed E-state index contributed by atoms with van der Waals surface area (Å²) in [6.45, 7) is 3.28. The molecule has 0 radical (unpaired) electrons. The highest BCUT2D eigenvalue weighted by Crippen LogP contribution is 2.43. The molecule has 1 spiro atoms. The van der Waals surface area contributed by atoms with Crippen molar-refractivity contribution in [2.75, 3.05) is 35.2 Å². The number of nitrogens with two attached hydrogens (primary N) is 1. The minimum Gasteiger partial charge on any atom is -0.384 e. The Labute approximate surface area is 197 Å². The van der Waals surface area contributed by atoms with Gasteiger partial charge < -0.3 is 20.4 Å². The van der Waals surface area contributed by atoms with Gasteiger partial charge in [0.05, 0.1) is 17.4 Å². The van der Waals surface area contributed by atoms with Crippen LogP contribution in [0.3, 0.4) is 0 Å². The molecule has 6 rings (SSSR count). The van der Waals surface area contributed by atoms with Gasteiger partial charge >= 0.3 is 0 Å². The molecule has 3 N–H and O–H groups in total. The van der Waals surface area contributed by atoms with Crippen LogP contribution >= 0.6 is 0 Å². The number of nitrogen functional groups attached to an aromatic ring is 1. The number of imide groups is 1. The minimum absolute atomic E-state index is 0.0571. The van der Waals surface area contributed by atoms with Crippen molar-refractivity contribution in [2.45, 2.75) is 50.2 Å². The average molecular weight is 461 g/mol. The fraction of sp³-hybridized carbons (Fsp3) is 0.440. The largest absolute Gasteiger partial charge is 0.384 e. The van der Waals surface area contributed by atoms with Crippen LogP contribution in [-0.4, -0.2) is 58.8 Å². The third kappa shape index (κ3) is 3.29. The number of aromatic nitrogens is 1. The SMILES string of the molecule is Nc1ccc(N2CCC3(CCCN3c3ccc4c(c3)CN(C3CCC(=O)NC3=O)C4=O)C2)cn1. The van der Waals surface area contributed by atoms with Crippen molar-refractivity contribution in [3.8, 4) is 0 Å². The Morgan fingerprint density at radius 2 is 1.91 bits per heavy atom. The molecule has 0 bridgehead atoms. The Morgan fingerprint density at radius 1 is 1.06 bits per heavy atom. The molecule has 2 unspecified atom stereocenters. The molecular formula is C25H28N6O3. The van der Waals surface area contributed by atoms with Gasteiger partial charge in [-0.15, -0.1) is 0 Å². The molecule has 0 aliphatic carbocycles. The molecule has 3 amide bonds. The van der Waals surface area contributed by atoms with Crippen LogP contribution in [0.5, 0.6) is 0 Å². The molecule has 1 aromatic carbocycles. The van der Waals surface area contributed by atoms with E-state index in [1.807, 2.05) is 30.5 Å². The van der Waals surface area contributed by atoms with E-state index in [0.29, 0.717) is 24.3 Å². The molecule has 34 heavy (non-hydrogen) atoms. The third-order valence-electron chi connectivity index (χ3n) is 7.88. The van der Waals surface area contributed by atoms with Crippen LogP contribution in [0.15, 0.2) is 36.5 Å². The molecule has 9 heteroatoms. The lowest BCUT2D eigenvalue weighted by atomic mass is 9.94. The summed E-state index contributed by atoms with van der Waals surface area (Å²) in [5.41, 5.74) is 9.65. The molecule has 5 heterocycles. The van der Waals surface area contributed by atoms with E-state index in [2.05, 4.69) is 26.2 Å². The zero-order valence-electron chi connectivity index (χ0n) is 19.0. The number of piperidine rings is 1. The van der Waals surface area contributed by atoms with E-state index in [1.165, 1.54) is 0 Å². The molecule has 3 fully saturated rings. The number of fused-ring (bicyclic) bond motifs is 1. The van der Waals surface area contributed by atoms with Gasteiger partial charge in [0.25, 0.3) is 5.91 Å². The molecule has 9 nitrogen and oxygen atoms in total. The summed E-state index contributed by atoms with van der Waals surface area (Å²) in [5.74, 6) is -0.249. The fourth-order valence-corrected chi connectivity index (χ4v) is 6.16. The number of benzene rings is 1. The van der Waals surface area contributed by atoms with Gasteiger partial charge in [-0.05, 0) is 61.6 Å². The van der Waals surface area contributed by atoms with Gasteiger partial charge in [0, 0.05) is 43.9 Å². The highest BCUT2D eigenvalue weighted by Gasteiger charge is 2.47. The summed E-state index contributed by atoms with van der Waals surface area (Å²) < 4.78 is 0. The lowest BCUT2D eigenvalue weighted by Crippen LogP contribution is -2.52. The number of carbonyl (C=O) groups excluding carboxylic acids is 3. The first kappa shape index (κ1) is 20.9. The molecule has 176 valence electrons. The van der Waals surface area contributed by atoms with Gasteiger partial charge in [-0.2, -0.15) is 0 Å². The summed E-state index contributed by atoms with van der Waals surface area (Å²) >= 11 is 0. The predicted octanol–water partition coefficient (Wildman–Crippen LogP) is 1.67. The number of rotatable bonds is 3. The Kier molecular flexibility index (Phi) is 4.75. The minimum atomic E-state index is -0.587. The number of anilines is 3. The normalized spacial score (nSPS) is 26.5. The topological polar surface area (TPSA) is 112 Å². The van der Waals surface area contributed by atoms with Crippen LogP contribution in [0.25, 0.3) is 0 Å². The number of hydrogen-bond donors (Lipinski definition) is 2. The first-order chi connectivity index (χ1) is 16.4. The summed E-state index contributed by atoms with van der Waals surface area (Å²) in [5, 5.41) is 2.37. The Morgan fingerprint density at radius 3 is 2.71 bits per heavy atom. The first-order valence-corrected chi connectivity index (χ1v) is 12.0. The summed E-state index contributed by atoms with van der Waals surface area (Å²) in [6, 6.07) is 9.37. The molecule has 4 aliphatic heterocycles. The van der Waals surface area contributed by atoms with Crippen molar-refractivity contribution in [3.05, 3.63) is 47.7 Å².